The third kappa shape index (κ3) is 3.14. The number of hydrogen-bond acceptors (Lipinski definition) is 0. The predicted molar refractivity (Wildman–Crippen MR) is 216 cm³/mol. The lowest BCUT2D eigenvalue weighted by atomic mass is 9.96. The van der Waals surface area contributed by atoms with Gasteiger partial charge >= 0.3 is 0 Å². The van der Waals surface area contributed by atoms with Gasteiger partial charge in [-0.15, -0.1) is 0 Å². The van der Waals surface area contributed by atoms with Crippen molar-refractivity contribution in [2.24, 2.45) is 0 Å². The van der Waals surface area contributed by atoms with Crippen molar-refractivity contribution in [2.45, 2.75) is 16.2 Å². The van der Waals surface area contributed by atoms with E-state index in [4.69, 9.17) is 0 Å². The van der Waals surface area contributed by atoms with E-state index in [-0.39, 0.29) is 0 Å². The van der Waals surface area contributed by atoms with Crippen molar-refractivity contribution in [3.8, 4) is 22.3 Å². The Hall–Kier alpha value is -4.94. The van der Waals surface area contributed by atoms with E-state index in [0.29, 0.717) is 0 Å². The summed E-state index contributed by atoms with van der Waals surface area (Å²) in [6.45, 7) is 0. The molecule has 4 aliphatic rings. The molecule has 2 heteroatoms. The molecular formula is C47H33PS. The van der Waals surface area contributed by atoms with Gasteiger partial charge in [-0.25, -0.2) is 9.16 Å². The summed E-state index contributed by atoms with van der Waals surface area (Å²) in [4.78, 5) is 3.31. The van der Waals surface area contributed by atoms with E-state index in [2.05, 4.69) is 158 Å². The Morgan fingerprint density at radius 1 is 0.551 bits per heavy atom. The number of hydrogen-bond donors (Lipinski definition) is 1. The van der Waals surface area contributed by atoms with E-state index in [1.165, 1.54) is 70.9 Å². The maximum absolute atomic E-state index is 2.80. The minimum atomic E-state index is -2.80. The number of benzene rings is 8. The van der Waals surface area contributed by atoms with E-state index in [9.17, 15) is 0 Å². The fraction of sp³-hybridized carbons (Fsp3) is 0.0638. The highest BCUT2D eigenvalue weighted by atomic mass is 32.3. The van der Waals surface area contributed by atoms with E-state index in [1.54, 1.807) is 30.6 Å². The zero-order chi connectivity index (χ0) is 32.1. The van der Waals surface area contributed by atoms with Crippen LogP contribution in [0.5, 0.6) is 0 Å². The maximum Gasteiger partial charge on any atom is 0.00244 e. The molecule has 1 spiro atoms. The standard InChI is InChI=1S/C47H33PS/c1-49-21-11-10-20-44(49)48(41-26-33-16-6-8-18-36(33)45-38-23-30-13-3-2-12-29(30)22-35(38)25-39(41)45)42-27-34-17-7-9-19-37(34)46(47(42)49)40-24-31-14-4-5-15-32(31)28-43(40)49/h2-20,22-24,26-28,49H,21,25H2,1H3. The van der Waals surface area contributed by atoms with Gasteiger partial charge < -0.3 is 0 Å². The molecule has 8 aromatic rings. The molecule has 0 saturated heterocycles. The van der Waals surface area contributed by atoms with Crippen LogP contribution < -0.4 is 10.6 Å². The normalized spacial score (nSPS) is 19.2. The van der Waals surface area contributed by atoms with Gasteiger partial charge in [-0.3, -0.25) is 0 Å². The fourth-order valence-electron chi connectivity index (χ4n) is 10.3. The SMILES string of the molecule is C[SH]123CC=CC=C1P(c1cc4ccccc4c4c1Cc1cc5ccccc5cc1-4)c1cc4ccccc4c(c12)-c1cc2ccccc2cc13. The lowest BCUT2D eigenvalue weighted by molar-refractivity contribution is 1.29. The van der Waals surface area contributed by atoms with Crippen LogP contribution in [0, 0.1) is 0 Å². The second kappa shape index (κ2) is 8.99. The minimum Gasteiger partial charge on any atom is -0.217 e. The quantitative estimate of drug-likeness (QED) is 0.131. The van der Waals surface area contributed by atoms with Crippen LogP contribution in [-0.2, 0) is 6.42 Å². The molecule has 12 rings (SSSR count). The molecule has 0 amide bonds. The average Bonchev–Trinajstić information content (AvgIpc) is 3.71. The summed E-state index contributed by atoms with van der Waals surface area (Å²) in [5.74, 6) is 1.11. The highest BCUT2D eigenvalue weighted by molar-refractivity contribution is 8.56. The van der Waals surface area contributed by atoms with Crippen molar-refractivity contribution in [1.29, 1.82) is 0 Å². The Morgan fingerprint density at radius 3 is 1.84 bits per heavy atom. The van der Waals surface area contributed by atoms with Crippen LogP contribution in [0.3, 0.4) is 0 Å². The second-order valence-electron chi connectivity index (χ2n) is 14.8. The Bertz CT molecular complexity index is 2930. The smallest absolute Gasteiger partial charge is 0.00244 e. The molecule has 49 heavy (non-hydrogen) atoms. The van der Waals surface area contributed by atoms with Crippen molar-refractivity contribution in [1.82, 2.24) is 0 Å². The van der Waals surface area contributed by atoms with Gasteiger partial charge in [0.05, 0.1) is 0 Å². The first-order chi connectivity index (χ1) is 24.1. The van der Waals surface area contributed by atoms with Gasteiger partial charge in [0.15, 0.2) is 0 Å². The molecule has 0 saturated carbocycles. The molecular weight excluding hydrogens is 628 g/mol. The first-order valence-corrected chi connectivity index (χ1v) is 21.7. The summed E-state index contributed by atoms with van der Waals surface area (Å²) in [6.07, 6.45) is 11.2. The van der Waals surface area contributed by atoms with Crippen LogP contribution in [0.2, 0.25) is 0 Å². The predicted octanol–water partition coefficient (Wildman–Crippen LogP) is 11.8. The molecule has 3 aliphatic heterocycles. The van der Waals surface area contributed by atoms with Crippen molar-refractivity contribution in [2.75, 3.05) is 12.0 Å². The summed E-state index contributed by atoms with van der Waals surface area (Å²) in [7, 11) is -3.56. The van der Waals surface area contributed by atoms with Gasteiger partial charge in [0.2, 0.25) is 0 Å². The van der Waals surface area contributed by atoms with Crippen LogP contribution in [0.1, 0.15) is 11.1 Å². The van der Waals surface area contributed by atoms with Crippen LogP contribution >= 0.6 is 17.1 Å². The molecule has 0 aromatic heterocycles. The Labute approximate surface area is 287 Å². The maximum atomic E-state index is 2.74. The van der Waals surface area contributed by atoms with Gasteiger partial charge in [-0.05, 0) is 153 Å². The minimum absolute atomic E-state index is 0.765. The van der Waals surface area contributed by atoms with Gasteiger partial charge in [0.25, 0.3) is 0 Å². The molecule has 0 nitrogen and oxygen atoms in total. The number of thiol groups is 1. The third-order valence-electron chi connectivity index (χ3n) is 12.4. The highest BCUT2D eigenvalue weighted by Gasteiger charge is 2.59. The molecule has 1 aliphatic carbocycles. The molecule has 0 fully saturated rings. The largest absolute Gasteiger partial charge is 0.217 e. The van der Waals surface area contributed by atoms with Crippen molar-refractivity contribution < 1.29 is 0 Å². The Morgan fingerprint density at radius 2 is 1.12 bits per heavy atom. The molecule has 3 heterocycles. The summed E-state index contributed by atoms with van der Waals surface area (Å²) < 4.78 is 1.72. The molecule has 8 aromatic carbocycles. The van der Waals surface area contributed by atoms with E-state index in [1.807, 2.05) is 0 Å². The molecule has 1 atom stereocenters. The lowest BCUT2D eigenvalue weighted by Gasteiger charge is -2.57. The topological polar surface area (TPSA) is 0 Å². The van der Waals surface area contributed by atoms with E-state index < -0.39 is 17.1 Å². The average molecular weight is 661 g/mol. The second-order valence-corrected chi connectivity index (χ2v) is 22.7. The van der Waals surface area contributed by atoms with Crippen molar-refractivity contribution >= 4 is 70.8 Å². The fourth-order valence-corrected chi connectivity index (χ4v) is 22.6. The van der Waals surface area contributed by atoms with E-state index >= 15 is 0 Å². The summed E-state index contributed by atoms with van der Waals surface area (Å²) in [5, 5.41) is 14.1. The summed E-state index contributed by atoms with van der Waals surface area (Å²) >= 11 is 0. The van der Waals surface area contributed by atoms with Crippen LogP contribution in [-0.4, -0.2) is 12.0 Å². The van der Waals surface area contributed by atoms with Crippen LogP contribution in [0.15, 0.2) is 166 Å². The molecule has 0 N–H and O–H groups in total. The Balaban J connectivity index is 1.23. The molecule has 1 unspecified atom stereocenters. The zero-order valence-corrected chi connectivity index (χ0v) is 29.0. The monoisotopic (exact) mass is 660 g/mol. The molecule has 0 bridgehead atoms. The van der Waals surface area contributed by atoms with Gasteiger partial charge in [-0.1, -0.05) is 121 Å². The molecule has 232 valence electrons. The first-order valence-electron chi connectivity index (χ1n) is 17.4. The summed E-state index contributed by atoms with van der Waals surface area (Å²) in [6, 6.07) is 51.6. The van der Waals surface area contributed by atoms with Crippen molar-refractivity contribution in [3.05, 3.63) is 167 Å². The van der Waals surface area contributed by atoms with E-state index in [0.717, 1.165) is 12.2 Å². The highest BCUT2D eigenvalue weighted by Crippen LogP contribution is 2.97. The van der Waals surface area contributed by atoms with Gasteiger partial charge in [0, 0.05) is 5.56 Å². The van der Waals surface area contributed by atoms with Crippen molar-refractivity contribution in [3.63, 3.8) is 0 Å². The summed E-state index contributed by atoms with van der Waals surface area (Å²) in [5.41, 5.74) is 8.92. The van der Waals surface area contributed by atoms with Gasteiger partial charge in [0.1, 0.15) is 0 Å². The van der Waals surface area contributed by atoms with Crippen LogP contribution in [0.25, 0.3) is 65.3 Å². The third-order valence-corrected chi connectivity index (χ3v) is 23.0. The lowest BCUT2D eigenvalue weighted by Crippen LogP contribution is -2.20. The first kappa shape index (κ1) is 26.9. The van der Waals surface area contributed by atoms with Gasteiger partial charge in [-0.2, -0.15) is 0 Å². The zero-order valence-electron chi connectivity index (χ0n) is 27.2. The van der Waals surface area contributed by atoms with Crippen LogP contribution in [0.4, 0.5) is 0 Å². The number of allylic oxidation sites excluding steroid dienone is 2. The molecule has 0 radical (unpaired) electrons. The Kier molecular flexibility index (Phi) is 4.94. The number of fused-ring (bicyclic) bond motifs is 11. The number of rotatable bonds is 1.